The van der Waals surface area contributed by atoms with E-state index in [4.69, 9.17) is 15.0 Å². The quantitative estimate of drug-likeness (QED) is 0.157. The monoisotopic (exact) mass is 451 g/mol. The van der Waals surface area contributed by atoms with Crippen molar-refractivity contribution in [2.24, 2.45) is 0 Å². The SMILES string of the molecule is Nc1ncnc2c1ncn2C1OC(COP(=O)(O)OS(=O)(=O)O)C(O)C1O.[H-].[Na+]. The number of imidazole rings is 1. The second-order valence-corrected chi connectivity index (χ2v) is 8.04. The van der Waals surface area contributed by atoms with Gasteiger partial charge in [0.25, 0.3) is 0 Å². The van der Waals surface area contributed by atoms with Crippen molar-refractivity contribution in [1.82, 2.24) is 19.5 Å². The van der Waals surface area contributed by atoms with Crippen LogP contribution in [-0.2, 0) is 28.2 Å². The van der Waals surface area contributed by atoms with E-state index >= 15 is 0 Å². The summed E-state index contributed by atoms with van der Waals surface area (Å²) >= 11 is 0. The summed E-state index contributed by atoms with van der Waals surface area (Å²) in [7, 11) is -10.5. The summed E-state index contributed by atoms with van der Waals surface area (Å²) in [6, 6.07) is 0. The molecule has 18 heteroatoms. The molecule has 0 bridgehead atoms. The van der Waals surface area contributed by atoms with E-state index in [1.54, 1.807) is 0 Å². The van der Waals surface area contributed by atoms with Crippen LogP contribution in [0, 0.1) is 0 Å². The van der Waals surface area contributed by atoms with E-state index in [1.165, 1.54) is 10.9 Å². The molecule has 1 aliphatic rings. The van der Waals surface area contributed by atoms with Crippen molar-refractivity contribution in [1.29, 1.82) is 0 Å². The zero-order chi connectivity index (χ0) is 20.0. The molecule has 152 valence electrons. The first-order valence-electron chi connectivity index (χ1n) is 7.09. The Morgan fingerprint density at radius 2 is 2.00 bits per heavy atom. The van der Waals surface area contributed by atoms with Crippen molar-refractivity contribution < 1.29 is 76.9 Å². The smallest absolute Gasteiger partial charge is 1.00 e. The Hall–Kier alpha value is -0.750. The van der Waals surface area contributed by atoms with E-state index in [0.29, 0.717) is 0 Å². The zero-order valence-corrected chi connectivity index (χ0v) is 17.8. The topological polar surface area (TPSA) is 229 Å². The fourth-order valence-corrected chi connectivity index (χ4v) is 3.92. The number of phosphoric acid groups is 1. The van der Waals surface area contributed by atoms with Crippen molar-refractivity contribution in [2.75, 3.05) is 12.3 Å². The number of hydrogen-bond acceptors (Lipinski definition) is 12. The normalized spacial score (nSPS) is 27.4. The molecule has 15 nitrogen and oxygen atoms in total. The summed E-state index contributed by atoms with van der Waals surface area (Å²) in [4.78, 5) is 20.9. The van der Waals surface area contributed by atoms with Crippen LogP contribution in [0.15, 0.2) is 12.7 Å². The summed E-state index contributed by atoms with van der Waals surface area (Å²) in [5, 5.41) is 20.2. The zero-order valence-electron chi connectivity index (χ0n) is 15.1. The molecule has 5 unspecified atom stereocenters. The second kappa shape index (κ2) is 8.55. The molecule has 3 heterocycles. The minimum atomic E-state index is -5.26. The molecular weight excluding hydrogens is 436 g/mol. The van der Waals surface area contributed by atoms with Gasteiger partial charge in [0.2, 0.25) is 0 Å². The minimum absolute atomic E-state index is 0. The van der Waals surface area contributed by atoms with Crippen molar-refractivity contribution in [2.45, 2.75) is 24.5 Å². The summed E-state index contributed by atoms with van der Waals surface area (Å²) in [6.07, 6.45) is -3.29. The first kappa shape index (κ1) is 23.5. The Balaban J connectivity index is 0.00000210. The van der Waals surface area contributed by atoms with Gasteiger partial charge >= 0.3 is 47.8 Å². The van der Waals surface area contributed by atoms with Crippen LogP contribution in [0.2, 0.25) is 0 Å². The number of rotatable bonds is 6. The first-order valence-corrected chi connectivity index (χ1v) is 9.95. The van der Waals surface area contributed by atoms with Gasteiger partial charge < -0.3 is 27.0 Å². The third-order valence-corrected chi connectivity index (χ3v) is 5.57. The fraction of sp³-hybridized carbons (Fsp3) is 0.500. The van der Waals surface area contributed by atoms with Gasteiger partial charge in [-0.15, -0.1) is 3.97 Å². The van der Waals surface area contributed by atoms with Crippen molar-refractivity contribution in [3.8, 4) is 0 Å². The molecule has 3 rings (SSSR count). The number of fused-ring (bicyclic) bond motifs is 1. The third-order valence-electron chi connectivity index (χ3n) is 3.59. The number of aliphatic hydroxyl groups is 2. The van der Waals surface area contributed by atoms with Crippen LogP contribution in [0.1, 0.15) is 7.65 Å². The summed E-state index contributed by atoms with van der Waals surface area (Å²) in [5.74, 6) is 0.0789. The molecule has 5 atom stereocenters. The van der Waals surface area contributed by atoms with Crippen LogP contribution >= 0.6 is 7.82 Å². The van der Waals surface area contributed by atoms with Gasteiger partial charge in [-0.2, -0.15) is 8.42 Å². The number of aromatic nitrogens is 4. The van der Waals surface area contributed by atoms with E-state index in [2.05, 4.69) is 23.4 Å². The maximum Gasteiger partial charge on any atom is 1.00 e. The number of anilines is 1. The minimum Gasteiger partial charge on any atom is -1.00 e. The van der Waals surface area contributed by atoms with Crippen LogP contribution in [0.3, 0.4) is 0 Å². The number of ether oxygens (including phenoxy) is 1. The standard InChI is InChI=1S/C10H14N5O10PS.Na.H/c11-8-5-9(13-2-12-8)15(3-14-5)10-7(17)6(16)4(24-10)1-23-26(18,19)25-27(20,21)22;;/h2-4,6-7,10,16-17H,1H2,(H,18,19)(H2,11,12,13)(H,20,21,22);;/q;+1;-1. The summed E-state index contributed by atoms with van der Waals surface area (Å²) in [6.45, 7) is -0.845. The Morgan fingerprint density at radius 1 is 1.32 bits per heavy atom. The predicted octanol–water partition coefficient (Wildman–Crippen LogP) is -4.92. The van der Waals surface area contributed by atoms with Gasteiger partial charge in [-0.3, -0.25) is 13.6 Å². The maximum atomic E-state index is 11.4. The van der Waals surface area contributed by atoms with Gasteiger partial charge in [0, 0.05) is 0 Å². The number of nitrogen functional groups attached to an aromatic ring is 1. The average Bonchev–Trinajstić information content (AvgIpc) is 3.07. The van der Waals surface area contributed by atoms with Crippen molar-refractivity contribution in [3.05, 3.63) is 12.7 Å². The van der Waals surface area contributed by atoms with Crippen molar-refractivity contribution in [3.63, 3.8) is 0 Å². The van der Waals surface area contributed by atoms with Crippen LogP contribution < -0.4 is 35.3 Å². The number of phosphoric ester groups is 1. The molecule has 6 N–H and O–H groups in total. The van der Waals surface area contributed by atoms with Crippen molar-refractivity contribution >= 4 is 35.2 Å². The van der Waals surface area contributed by atoms with E-state index < -0.39 is 49.4 Å². The molecule has 1 fully saturated rings. The third kappa shape index (κ3) is 5.05. The molecule has 2 aromatic rings. The molecule has 0 aliphatic carbocycles. The Kier molecular flexibility index (Phi) is 7.18. The second-order valence-electron chi connectivity index (χ2n) is 5.40. The van der Waals surface area contributed by atoms with Gasteiger partial charge in [0.15, 0.2) is 17.7 Å². The number of nitrogens with zero attached hydrogens (tertiary/aromatic N) is 4. The Bertz CT molecular complexity index is 1010. The number of aliphatic hydroxyl groups excluding tert-OH is 2. The Labute approximate surface area is 180 Å². The average molecular weight is 451 g/mol. The largest absolute Gasteiger partial charge is 1.00 e. The van der Waals surface area contributed by atoms with Gasteiger partial charge in [0.1, 0.15) is 30.2 Å². The van der Waals surface area contributed by atoms with E-state index in [9.17, 15) is 28.1 Å². The van der Waals surface area contributed by atoms with Crippen LogP contribution in [0.4, 0.5) is 5.82 Å². The summed E-state index contributed by atoms with van der Waals surface area (Å²) in [5.41, 5.74) is 6.08. The molecule has 1 saturated heterocycles. The first-order chi connectivity index (χ1) is 12.5. The fourth-order valence-electron chi connectivity index (χ4n) is 2.46. The molecule has 28 heavy (non-hydrogen) atoms. The predicted molar refractivity (Wildman–Crippen MR) is 85.2 cm³/mol. The van der Waals surface area contributed by atoms with Gasteiger partial charge in [-0.25, -0.2) is 19.5 Å². The number of nitrogens with two attached hydrogens (primary N) is 1. The van der Waals surface area contributed by atoms with Gasteiger partial charge in [-0.1, -0.05) is 0 Å². The molecule has 0 amide bonds. The van der Waals surface area contributed by atoms with Crippen LogP contribution in [-0.4, -0.2) is 72.5 Å². The molecule has 0 aromatic carbocycles. The number of hydrogen-bond donors (Lipinski definition) is 5. The molecule has 0 saturated carbocycles. The van der Waals surface area contributed by atoms with E-state index in [1.807, 2.05) is 0 Å². The van der Waals surface area contributed by atoms with E-state index in [-0.39, 0.29) is 48.0 Å². The molecule has 0 radical (unpaired) electrons. The van der Waals surface area contributed by atoms with Gasteiger partial charge in [0.05, 0.1) is 12.9 Å². The molecule has 2 aromatic heterocycles. The molecule has 0 spiro atoms. The Morgan fingerprint density at radius 3 is 2.64 bits per heavy atom. The van der Waals surface area contributed by atoms with E-state index in [0.717, 1.165) is 6.33 Å². The maximum absolute atomic E-state index is 11.4. The van der Waals surface area contributed by atoms with Crippen LogP contribution in [0.5, 0.6) is 0 Å². The van der Waals surface area contributed by atoms with Crippen LogP contribution in [0.25, 0.3) is 11.2 Å². The molecule has 1 aliphatic heterocycles. The molecular formula is C10H15N5NaO10PS. The van der Waals surface area contributed by atoms with Gasteiger partial charge in [-0.05, 0) is 0 Å². The summed E-state index contributed by atoms with van der Waals surface area (Å²) < 4.78 is 55.3.